The van der Waals surface area contributed by atoms with Crippen LogP contribution in [-0.2, 0) is 23.9 Å². The van der Waals surface area contributed by atoms with E-state index in [1.54, 1.807) is 0 Å². The molecule has 2 rings (SSSR count). The highest BCUT2D eigenvalue weighted by molar-refractivity contribution is 5.89. The van der Waals surface area contributed by atoms with Crippen LogP contribution >= 0.6 is 0 Å². The molecule has 0 bridgehead atoms. The number of hydrogen-bond donors (Lipinski definition) is 3. The Labute approximate surface area is 147 Å². The molecule has 8 heteroatoms. The number of hydrogen-bond acceptors (Lipinski definition) is 6. The molecule has 0 aromatic rings. The average molecular weight is 356 g/mol. The lowest BCUT2D eigenvalue weighted by Gasteiger charge is -2.26. The Morgan fingerprint density at radius 1 is 1.16 bits per heavy atom. The van der Waals surface area contributed by atoms with E-state index in [4.69, 9.17) is 20.3 Å². The molecule has 0 radical (unpaired) electrons. The Balaban J connectivity index is 1.91. The maximum Gasteiger partial charge on any atom is 0.330 e. The van der Waals surface area contributed by atoms with Crippen molar-refractivity contribution in [1.82, 2.24) is 5.32 Å². The molecule has 4 N–H and O–H groups in total. The Kier molecular flexibility index (Phi) is 7.19. The summed E-state index contributed by atoms with van der Waals surface area (Å²) in [5.74, 6) is -1.47. The lowest BCUT2D eigenvalue weighted by Crippen LogP contribution is -2.51. The molecule has 0 heterocycles. The number of carbonyl (C=O) groups is 3. The third kappa shape index (κ3) is 5.97. The molecular formula is C17H28N2O6. The first-order valence-corrected chi connectivity index (χ1v) is 8.89. The van der Waals surface area contributed by atoms with Gasteiger partial charge in [0.15, 0.2) is 6.04 Å². The van der Waals surface area contributed by atoms with E-state index in [0.717, 1.165) is 25.7 Å². The zero-order chi connectivity index (χ0) is 18.4. The van der Waals surface area contributed by atoms with Crippen LogP contribution in [0.2, 0.25) is 0 Å². The lowest BCUT2D eigenvalue weighted by molar-refractivity contribution is -0.148. The van der Waals surface area contributed by atoms with Crippen LogP contribution in [0.5, 0.6) is 0 Å². The molecular weight excluding hydrogens is 328 g/mol. The highest BCUT2D eigenvalue weighted by atomic mass is 16.5. The molecule has 3 atom stereocenters. The zero-order valence-corrected chi connectivity index (χ0v) is 14.6. The minimum absolute atomic E-state index is 0.00979. The van der Waals surface area contributed by atoms with Crippen molar-refractivity contribution in [2.75, 3.05) is 13.7 Å². The fourth-order valence-electron chi connectivity index (χ4n) is 3.45. The van der Waals surface area contributed by atoms with Crippen LogP contribution in [-0.4, -0.2) is 54.9 Å². The van der Waals surface area contributed by atoms with Crippen LogP contribution in [0.3, 0.4) is 0 Å². The fraction of sp³-hybridized carbons (Fsp3) is 0.824. The zero-order valence-electron chi connectivity index (χ0n) is 14.6. The largest absolute Gasteiger partial charge is 0.481 e. The molecule has 8 nitrogen and oxygen atoms in total. The summed E-state index contributed by atoms with van der Waals surface area (Å²) in [6.45, 7) is 0.00979. The van der Waals surface area contributed by atoms with Crippen LogP contribution in [0.1, 0.15) is 44.9 Å². The summed E-state index contributed by atoms with van der Waals surface area (Å²) in [7, 11) is 1.23. The highest BCUT2D eigenvalue weighted by Crippen LogP contribution is 2.42. The van der Waals surface area contributed by atoms with Gasteiger partial charge in [-0.3, -0.25) is 9.59 Å². The molecule has 2 aliphatic carbocycles. The molecule has 0 aromatic carbocycles. The Morgan fingerprint density at radius 2 is 1.76 bits per heavy atom. The Bertz CT molecular complexity index is 488. The van der Waals surface area contributed by atoms with Crippen molar-refractivity contribution in [1.29, 1.82) is 0 Å². The summed E-state index contributed by atoms with van der Waals surface area (Å²) in [5, 5.41) is 11.2. The van der Waals surface area contributed by atoms with Crippen molar-refractivity contribution in [2.24, 2.45) is 17.6 Å². The predicted molar refractivity (Wildman–Crippen MR) is 88.6 cm³/mol. The van der Waals surface area contributed by atoms with E-state index in [-0.39, 0.29) is 12.7 Å². The fourth-order valence-corrected chi connectivity index (χ4v) is 3.45. The molecule has 142 valence electrons. The van der Waals surface area contributed by atoms with Gasteiger partial charge in [0.2, 0.25) is 5.91 Å². The lowest BCUT2D eigenvalue weighted by atomic mass is 9.97. The van der Waals surface area contributed by atoms with Crippen LogP contribution < -0.4 is 11.1 Å². The number of nitrogens with two attached hydrogens (primary N) is 1. The van der Waals surface area contributed by atoms with E-state index in [9.17, 15) is 14.4 Å². The minimum atomic E-state index is -1.22. The summed E-state index contributed by atoms with van der Waals surface area (Å²) in [4.78, 5) is 34.6. The van der Waals surface area contributed by atoms with Gasteiger partial charge in [-0.2, -0.15) is 0 Å². The van der Waals surface area contributed by atoms with Crippen molar-refractivity contribution in [3.05, 3.63) is 0 Å². The number of carboxylic acids is 1. The minimum Gasteiger partial charge on any atom is -0.481 e. The van der Waals surface area contributed by atoms with Gasteiger partial charge in [-0.05, 0) is 37.5 Å². The molecule has 1 unspecified atom stereocenters. The number of ether oxygens (including phenoxy) is 2. The second-order valence-electron chi connectivity index (χ2n) is 6.97. The normalized spacial score (nSPS) is 21.4. The van der Waals surface area contributed by atoms with Crippen molar-refractivity contribution in [3.63, 3.8) is 0 Å². The van der Waals surface area contributed by atoms with Crippen LogP contribution in [0, 0.1) is 11.8 Å². The first-order valence-electron chi connectivity index (χ1n) is 8.89. The number of methoxy groups -OCH3 is 1. The molecule has 25 heavy (non-hydrogen) atoms. The van der Waals surface area contributed by atoms with Crippen molar-refractivity contribution >= 4 is 17.8 Å². The number of carboxylic acid groups (broad SMARTS) is 1. The maximum absolute atomic E-state index is 12.0. The summed E-state index contributed by atoms with van der Waals surface area (Å²) < 4.78 is 10.7. The Hall–Kier alpha value is -1.67. The number of aliphatic carboxylic acids is 1. The average Bonchev–Trinajstić information content (AvgIpc) is 3.26. The third-order valence-corrected chi connectivity index (χ3v) is 4.94. The van der Waals surface area contributed by atoms with E-state index >= 15 is 0 Å². The first-order chi connectivity index (χ1) is 11.9. The van der Waals surface area contributed by atoms with Gasteiger partial charge in [0.05, 0.1) is 32.3 Å². The standard InChI is InChI=1S/C17H28N2O6/c1-24-17(23)13(19-16(22)12(18)8-14(20)21)9-25-15(11-6-7-11)10-4-2-3-5-10/h10-13,15H,2-9,18H2,1H3,(H,19,22)(H,20,21)/t12-,13-,15?/m0/s1. The summed E-state index contributed by atoms with van der Waals surface area (Å²) in [5.41, 5.74) is 5.54. The number of esters is 1. The van der Waals surface area contributed by atoms with E-state index < -0.39 is 36.4 Å². The molecule has 2 saturated carbocycles. The number of rotatable bonds is 10. The number of nitrogens with one attached hydrogen (secondary N) is 1. The molecule has 2 aliphatic rings. The molecule has 2 fully saturated rings. The SMILES string of the molecule is COC(=O)[C@H](COC(C1CCCC1)C1CC1)NC(=O)[C@@H](N)CC(=O)O. The predicted octanol–water partition coefficient (Wildman–Crippen LogP) is 0.432. The van der Waals surface area contributed by atoms with Crippen LogP contribution in [0.4, 0.5) is 0 Å². The van der Waals surface area contributed by atoms with E-state index in [0.29, 0.717) is 11.8 Å². The molecule has 0 spiro atoms. The van der Waals surface area contributed by atoms with Gasteiger partial charge in [0.1, 0.15) is 0 Å². The quantitative estimate of drug-likeness (QED) is 0.484. The van der Waals surface area contributed by atoms with Crippen LogP contribution in [0.15, 0.2) is 0 Å². The molecule has 0 saturated heterocycles. The van der Waals surface area contributed by atoms with Crippen molar-refractivity contribution < 1.29 is 29.0 Å². The van der Waals surface area contributed by atoms with Gasteiger partial charge in [-0.15, -0.1) is 0 Å². The monoisotopic (exact) mass is 356 g/mol. The van der Waals surface area contributed by atoms with Crippen molar-refractivity contribution in [3.8, 4) is 0 Å². The van der Waals surface area contributed by atoms with Gasteiger partial charge in [-0.25, -0.2) is 4.79 Å². The van der Waals surface area contributed by atoms with Gasteiger partial charge in [0, 0.05) is 0 Å². The third-order valence-electron chi connectivity index (χ3n) is 4.94. The topological polar surface area (TPSA) is 128 Å². The van der Waals surface area contributed by atoms with Gasteiger partial charge in [0.25, 0.3) is 0 Å². The Morgan fingerprint density at radius 3 is 2.28 bits per heavy atom. The second-order valence-corrected chi connectivity index (χ2v) is 6.97. The van der Waals surface area contributed by atoms with E-state index in [1.165, 1.54) is 20.0 Å². The summed E-state index contributed by atoms with van der Waals surface area (Å²) in [6.07, 6.45) is 6.57. The smallest absolute Gasteiger partial charge is 0.330 e. The highest BCUT2D eigenvalue weighted by Gasteiger charge is 2.39. The maximum atomic E-state index is 12.0. The van der Waals surface area contributed by atoms with Crippen LogP contribution in [0.25, 0.3) is 0 Å². The molecule has 0 aromatic heterocycles. The first kappa shape index (κ1) is 19.7. The number of carbonyl (C=O) groups excluding carboxylic acids is 2. The van der Waals surface area contributed by atoms with Gasteiger partial charge in [-0.1, -0.05) is 12.8 Å². The van der Waals surface area contributed by atoms with E-state index in [1.807, 2.05) is 0 Å². The molecule has 0 aliphatic heterocycles. The summed E-state index contributed by atoms with van der Waals surface area (Å²) >= 11 is 0. The molecule has 1 amide bonds. The van der Waals surface area contributed by atoms with Gasteiger partial charge >= 0.3 is 11.9 Å². The van der Waals surface area contributed by atoms with E-state index in [2.05, 4.69) is 5.32 Å². The van der Waals surface area contributed by atoms with Crippen molar-refractivity contribution in [2.45, 2.75) is 63.1 Å². The van der Waals surface area contributed by atoms with Gasteiger partial charge < -0.3 is 25.6 Å². The second kappa shape index (κ2) is 9.15. The number of amides is 1. The summed E-state index contributed by atoms with van der Waals surface area (Å²) in [6, 6.07) is -2.21.